The molecule has 0 aliphatic rings. The van der Waals surface area contributed by atoms with Crippen LogP contribution in [0, 0.1) is 0 Å². The molecule has 1 aromatic heterocycles. The third-order valence-electron chi connectivity index (χ3n) is 4.90. The maximum absolute atomic E-state index is 13.1. The number of ether oxygens (including phenoxy) is 1. The van der Waals surface area contributed by atoms with Crippen molar-refractivity contribution in [1.82, 2.24) is 4.98 Å². The monoisotopic (exact) mass is 499 g/mol. The third kappa shape index (κ3) is 5.52. The first-order valence-corrected chi connectivity index (χ1v) is 10.6. The Labute approximate surface area is 202 Å². The van der Waals surface area contributed by atoms with Crippen LogP contribution in [-0.2, 0) is 11.0 Å². The van der Waals surface area contributed by atoms with Crippen LogP contribution in [0.5, 0.6) is 11.5 Å². The Morgan fingerprint density at radius 1 is 0.971 bits per heavy atom. The highest BCUT2D eigenvalue weighted by Crippen LogP contribution is 2.36. The number of rotatable bonds is 5. The van der Waals surface area contributed by atoms with E-state index in [0.29, 0.717) is 39.8 Å². The van der Waals surface area contributed by atoms with Crippen LogP contribution in [0.1, 0.15) is 22.8 Å². The van der Waals surface area contributed by atoms with Crippen molar-refractivity contribution in [2.75, 3.05) is 10.6 Å². The summed E-state index contributed by atoms with van der Waals surface area (Å²) < 4.78 is 45.3. The van der Waals surface area contributed by atoms with Crippen LogP contribution in [0.3, 0.4) is 0 Å². The lowest BCUT2D eigenvalue weighted by atomic mass is 10.1. The second-order valence-electron chi connectivity index (χ2n) is 7.47. The Bertz CT molecular complexity index is 1440. The summed E-state index contributed by atoms with van der Waals surface area (Å²) in [7, 11) is 0. The molecule has 4 rings (SSSR count). The van der Waals surface area contributed by atoms with Gasteiger partial charge in [-0.05, 0) is 48.5 Å². The number of hydrogen-bond donors (Lipinski definition) is 2. The van der Waals surface area contributed by atoms with Gasteiger partial charge in [0.1, 0.15) is 11.5 Å². The van der Waals surface area contributed by atoms with Crippen molar-refractivity contribution in [3.63, 3.8) is 0 Å². The van der Waals surface area contributed by atoms with E-state index in [0.717, 1.165) is 6.07 Å². The van der Waals surface area contributed by atoms with Gasteiger partial charge in [-0.2, -0.15) is 13.2 Å². The SMILES string of the molecule is CC(=O)Nc1cccc2c(Oc3cccc(NC(=O)c4ccc(Cl)c(C(F)(F)F)c4)c3)ccnc12. The van der Waals surface area contributed by atoms with E-state index in [1.54, 1.807) is 42.5 Å². The van der Waals surface area contributed by atoms with Gasteiger partial charge in [-0.25, -0.2) is 0 Å². The van der Waals surface area contributed by atoms with Gasteiger partial charge in [0.25, 0.3) is 5.91 Å². The minimum atomic E-state index is -4.69. The normalized spacial score (nSPS) is 11.2. The second-order valence-corrected chi connectivity index (χ2v) is 7.88. The smallest absolute Gasteiger partial charge is 0.417 e. The van der Waals surface area contributed by atoms with E-state index in [1.807, 2.05) is 0 Å². The van der Waals surface area contributed by atoms with Gasteiger partial charge < -0.3 is 15.4 Å². The summed E-state index contributed by atoms with van der Waals surface area (Å²) in [4.78, 5) is 28.4. The first-order valence-electron chi connectivity index (χ1n) is 10.2. The number of anilines is 2. The standard InChI is InChI=1S/C25H17ClF3N3O3/c1-14(33)31-21-7-3-6-18-22(10-11-30-23(18)21)35-17-5-2-4-16(13-17)32-24(34)15-8-9-20(26)19(12-15)25(27,28)29/h2-13H,1H3,(H,31,33)(H,32,34). The number of halogens is 4. The lowest BCUT2D eigenvalue weighted by Crippen LogP contribution is -2.14. The molecule has 0 fully saturated rings. The third-order valence-corrected chi connectivity index (χ3v) is 5.22. The molecule has 0 bridgehead atoms. The zero-order valence-electron chi connectivity index (χ0n) is 18.1. The summed E-state index contributed by atoms with van der Waals surface area (Å²) in [6.45, 7) is 1.40. The van der Waals surface area contributed by atoms with Crippen LogP contribution in [0.2, 0.25) is 5.02 Å². The molecule has 0 atom stereocenters. The van der Waals surface area contributed by atoms with Crippen molar-refractivity contribution in [2.45, 2.75) is 13.1 Å². The Kier molecular flexibility index (Phi) is 6.61. The van der Waals surface area contributed by atoms with Crippen LogP contribution >= 0.6 is 11.6 Å². The van der Waals surface area contributed by atoms with E-state index in [2.05, 4.69) is 15.6 Å². The number of para-hydroxylation sites is 1. The Balaban J connectivity index is 1.57. The van der Waals surface area contributed by atoms with Gasteiger partial charge in [0.15, 0.2) is 0 Å². The molecule has 10 heteroatoms. The first kappa shape index (κ1) is 24.0. The Morgan fingerprint density at radius 2 is 1.74 bits per heavy atom. The zero-order chi connectivity index (χ0) is 25.2. The molecule has 178 valence electrons. The number of alkyl halides is 3. The van der Waals surface area contributed by atoms with Crippen LogP contribution in [0.25, 0.3) is 10.9 Å². The number of fused-ring (bicyclic) bond motifs is 1. The van der Waals surface area contributed by atoms with Crippen molar-refractivity contribution in [3.05, 3.63) is 89.1 Å². The largest absolute Gasteiger partial charge is 0.457 e. The molecular formula is C25H17ClF3N3O3. The molecule has 0 aliphatic carbocycles. The topological polar surface area (TPSA) is 80.3 Å². The number of carbonyl (C=O) groups excluding carboxylic acids is 2. The van der Waals surface area contributed by atoms with Crippen molar-refractivity contribution < 1.29 is 27.5 Å². The van der Waals surface area contributed by atoms with Gasteiger partial charge >= 0.3 is 6.18 Å². The van der Waals surface area contributed by atoms with E-state index >= 15 is 0 Å². The number of pyridine rings is 1. The quantitative estimate of drug-likeness (QED) is 0.312. The van der Waals surface area contributed by atoms with Crippen molar-refractivity contribution in [2.24, 2.45) is 0 Å². The van der Waals surface area contributed by atoms with Crippen molar-refractivity contribution >= 4 is 45.7 Å². The summed E-state index contributed by atoms with van der Waals surface area (Å²) in [5.41, 5.74) is 0.0922. The molecule has 35 heavy (non-hydrogen) atoms. The Morgan fingerprint density at radius 3 is 2.49 bits per heavy atom. The number of hydrogen-bond acceptors (Lipinski definition) is 4. The van der Waals surface area contributed by atoms with Gasteiger partial charge in [-0.1, -0.05) is 23.7 Å². The highest BCUT2D eigenvalue weighted by molar-refractivity contribution is 6.31. The number of nitrogens with one attached hydrogen (secondary N) is 2. The van der Waals surface area contributed by atoms with Crippen LogP contribution in [0.4, 0.5) is 24.5 Å². The van der Waals surface area contributed by atoms with Crippen molar-refractivity contribution in [1.29, 1.82) is 0 Å². The molecule has 0 saturated heterocycles. The fourth-order valence-electron chi connectivity index (χ4n) is 3.38. The lowest BCUT2D eigenvalue weighted by Gasteiger charge is -2.13. The highest BCUT2D eigenvalue weighted by Gasteiger charge is 2.33. The van der Waals surface area contributed by atoms with Gasteiger partial charge in [-0.15, -0.1) is 0 Å². The molecular weight excluding hydrogens is 483 g/mol. The molecule has 0 radical (unpaired) electrons. The molecule has 3 aromatic carbocycles. The van der Waals surface area contributed by atoms with E-state index in [-0.39, 0.29) is 11.5 Å². The average molecular weight is 500 g/mol. The summed E-state index contributed by atoms with van der Waals surface area (Å²) >= 11 is 5.63. The number of carbonyl (C=O) groups is 2. The average Bonchev–Trinajstić information content (AvgIpc) is 2.79. The van der Waals surface area contributed by atoms with Crippen molar-refractivity contribution in [3.8, 4) is 11.5 Å². The summed E-state index contributed by atoms with van der Waals surface area (Å²) in [6, 6.07) is 16.2. The lowest BCUT2D eigenvalue weighted by molar-refractivity contribution is -0.137. The fraction of sp³-hybridized carbons (Fsp3) is 0.0800. The van der Waals surface area contributed by atoms with Crippen LogP contribution in [-0.4, -0.2) is 16.8 Å². The maximum atomic E-state index is 13.1. The van der Waals surface area contributed by atoms with Gasteiger partial charge in [0.2, 0.25) is 5.91 Å². The maximum Gasteiger partial charge on any atom is 0.417 e. The minimum absolute atomic E-state index is 0.196. The highest BCUT2D eigenvalue weighted by atomic mass is 35.5. The molecule has 2 N–H and O–H groups in total. The summed E-state index contributed by atoms with van der Waals surface area (Å²) in [5, 5.41) is 5.44. The summed E-state index contributed by atoms with van der Waals surface area (Å²) in [5.74, 6) is -0.152. The number of nitrogens with zero attached hydrogens (tertiary/aromatic N) is 1. The Hall–Kier alpha value is -4.11. The number of benzene rings is 3. The molecule has 0 saturated carbocycles. The number of amides is 2. The minimum Gasteiger partial charge on any atom is -0.457 e. The first-order chi connectivity index (χ1) is 16.6. The zero-order valence-corrected chi connectivity index (χ0v) is 18.9. The van der Waals surface area contributed by atoms with E-state index in [1.165, 1.54) is 25.3 Å². The van der Waals surface area contributed by atoms with E-state index < -0.39 is 22.7 Å². The molecule has 0 unspecified atom stereocenters. The van der Waals surface area contributed by atoms with E-state index in [9.17, 15) is 22.8 Å². The van der Waals surface area contributed by atoms with Gasteiger partial charge in [0, 0.05) is 35.8 Å². The predicted octanol–water partition coefficient (Wildman–Crippen LogP) is 6.91. The van der Waals surface area contributed by atoms with E-state index in [4.69, 9.17) is 16.3 Å². The summed E-state index contributed by atoms with van der Waals surface area (Å²) in [6.07, 6.45) is -3.15. The molecule has 6 nitrogen and oxygen atoms in total. The van der Waals surface area contributed by atoms with Gasteiger partial charge in [-0.3, -0.25) is 14.6 Å². The second kappa shape index (κ2) is 9.63. The molecule has 4 aromatic rings. The molecule has 0 aliphatic heterocycles. The molecule has 0 spiro atoms. The molecule has 2 amide bonds. The van der Waals surface area contributed by atoms with Crippen LogP contribution in [0.15, 0.2) is 72.9 Å². The van der Waals surface area contributed by atoms with Gasteiger partial charge in [0.05, 0.1) is 21.8 Å². The fourth-order valence-corrected chi connectivity index (χ4v) is 3.61. The predicted molar refractivity (Wildman–Crippen MR) is 127 cm³/mol. The molecule has 1 heterocycles. The van der Waals surface area contributed by atoms with Crippen LogP contribution < -0.4 is 15.4 Å². The number of aromatic nitrogens is 1.